The molecule has 0 amide bonds. The van der Waals surface area contributed by atoms with Crippen molar-refractivity contribution in [2.75, 3.05) is 0 Å². The summed E-state index contributed by atoms with van der Waals surface area (Å²) in [6.45, 7) is 4.30. The lowest BCUT2D eigenvalue weighted by Gasteiger charge is -2.35. The molecule has 0 heterocycles. The van der Waals surface area contributed by atoms with Gasteiger partial charge in [0.2, 0.25) is 0 Å². The standard InChI is InChI=1S/C15H21ClO/c1-11-5-7-15(17,8-6-11)10-13-4-3-12(2)9-14(13)16/h3-4,9,11,17H,5-8,10H2,1-2H3. The van der Waals surface area contributed by atoms with Crippen molar-refractivity contribution >= 4 is 11.6 Å². The zero-order chi connectivity index (χ0) is 12.5. The van der Waals surface area contributed by atoms with Crippen LogP contribution in [0.1, 0.15) is 43.7 Å². The molecule has 0 saturated heterocycles. The van der Waals surface area contributed by atoms with Gasteiger partial charge in [0, 0.05) is 11.4 Å². The van der Waals surface area contributed by atoms with Gasteiger partial charge in [-0.2, -0.15) is 0 Å². The average molecular weight is 253 g/mol. The highest BCUT2D eigenvalue weighted by Gasteiger charge is 2.32. The summed E-state index contributed by atoms with van der Waals surface area (Å²) in [5.41, 5.74) is 1.71. The second kappa shape index (κ2) is 4.99. The number of hydrogen-bond donors (Lipinski definition) is 1. The number of hydrogen-bond acceptors (Lipinski definition) is 1. The van der Waals surface area contributed by atoms with Crippen molar-refractivity contribution in [2.24, 2.45) is 5.92 Å². The molecule has 17 heavy (non-hydrogen) atoms. The number of rotatable bonds is 2. The summed E-state index contributed by atoms with van der Waals surface area (Å²) in [7, 11) is 0. The van der Waals surface area contributed by atoms with Gasteiger partial charge in [-0.05, 0) is 55.7 Å². The maximum absolute atomic E-state index is 10.6. The van der Waals surface area contributed by atoms with Gasteiger partial charge in [-0.25, -0.2) is 0 Å². The number of aryl methyl sites for hydroxylation is 1. The summed E-state index contributed by atoms with van der Waals surface area (Å²) in [6.07, 6.45) is 4.75. The third-order valence-corrected chi connectivity index (χ3v) is 4.28. The van der Waals surface area contributed by atoms with E-state index in [1.165, 1.54) is 5.56 Å². The zero-order valence-electron chi connectivity index (χ0n) is 10.7. The topological polar surface area (TPSA) is 20.2 Å². The molecule has 2 rings (SSSR count). The van der Waals surface area contributed by atoms with Gasteiger partial charge in [0.15, 0.2) is 0 Å². The highest BCUT2D eigenvalue weighted by molar-refractivity contribution is 6.31. The van der Waals surface area contributed by atoms with Gasteiger partial charge in [0.05, 0.1) is 5.60 Å². The summed E-state index contributed by atoms with van der Waals surface area (Å²) in [6, 6.07) is 6.09. The average Bonchev–Trinajstić information content (AvgIpc) is 2.27. The molecule has 1 aliphatic carbocycles. The Hall–Kier alpha value is -0.530. The van der Waals surface area contributed by atoms with Gasteiger partial charge >= 0.3 is 0 Å². The fourth-order valence-electron chi connectivity index (χ4n) is 2.63. The summed E-state index contributed by atoms with van der Waals surface area (Å²) < 4.78 is 0. The molecule has 0 unspecified atom stereocenters. The number of aliphatic hydroxyl groups is 1. The van der Waals surface area contributed by atoms with Gasteiger partial charge in [0.1, 0.15) is 0 Å². The van der Waals surface area contributed by atoms with E-state index >= 15 is 0 Å². The minimum atomic E-state index is -0.536. The zero-order valence-corrected chi connectivity index (χ0v) is 11.4. The first-order valence-corrected chi connectivity index (χ1v) is 6.84. The Morgan fingerprint density at radius 3 is 2.59 bits per heavy atom. The second-order valence-electron chi connectivity index (χ2n) is 5.68. The van der Waals surface area contributed by atoms with Crippen LogP contribution < -0.4 is 0 Å². The maximum Gasteiger partial charge on any atom is 0.0688 e. The highest BCUT2D eigenvalue weighted by atomic mass is 35.5. The molecule has 1 saturated carbocycles. The quantitative estimate of drug-likeness (QED) is 0.839. The van der Waals surface area contributed by atoms with Gasteiger partial charge in [0.25, 0.3) is 0 Å². The molecular formula is C15H21ClO. The third kappa shape index (κ3) is 3.23. The summed E-state index contributed by atoms with van der Waals surface area (Å²) >= 11 is 6.23. The van der Waals surface area contributed by atoms with Crippen LogP contribution >= 0.6 is 11.6 Å². The Morgan fingerprint density at radius 2 is 2.00 bits per heavy atom. The smallest absolute Gasteiger partial charge is 0.0688 e. The summed E-state index contributed by atoms with van der Waals surface area (Å²) in [4.78, 5) is 0. The SMILES string of the molecule is Cc1ccc(CC2(O)CCC(C)CC2)c(Cl)c1. The van der Waals surface area contributed by atoms with Crippen LogP contribution in [0.5, 0.6) is 0 Å². The van der Waals surface area contributed by atoms with E-state index in [2.05, 4.69) is 13.0 Å². The predicted octanol–water partition coefficient (Wildman–Crippen LogP) is 4.13. The Kier molecular flexibility index (Phi) is 3.79. The van der Waals surface area contributed by atoms with Crippen LogP contribution in [0.15, 0.2) is 18.2 Å². The fourth-order valence-corrected chi connectivity index (χ4v) is 2.93. The minimum Gasteiger partial charge on any atom is -0.390 e. The molecule has 94 valence electrons. The predicted molar refractivity (Wildman–Crippen MR) is 72.5 cm³/mol. The molecule has 1 aromatic carbocycles. The Bertz CT molecular complexity index is 392. The van der Waals surface area contributed by atoms with Crippen LogP contribution in [0.3, 0.4) is 0 Å². The lowest BCUT2D eigenvalue weighted by atomic mass is 9.76. The molecule has 0 spiro atoms. The molecule has 0 radical (unpaired) electrons. The number of halogens is 1. The monoisotopic (exact) mass is 252 g/mol. The van der Waals surface area contributed by atoms with Crippen molar-refractivity contribution in [1.82, 2.24) is 0 Å². The van der Waals surface area contributed by atoms with Gasteiger partial charge < -0.3 is 5.11 Å². The Balaban J connectivity index is 2.09. The maximum atomic E-state index is 10.6. The molecule has 1 nitrogen and oxygen atoms in total. The van der Waals surface area contributed by atoms with Crippen molar-refractivity contribution in [3.63, 3.8) is 0 Å². The molecular weight excluding hydrogens is 232 g/mol. The highest BCUT2D eigenvalue weighted by Crippen LogP contribution is 2.35. The largest absolute Gasteiger partial charge is 0.390 e. The molecule has 2 heteroatoms. The van der Waals surface area contributed by atoms with Gasteiger partial charge in [-0.1, -0.05) is 30.7 Å². The van der Waals surface area contributed by atoms with E-state index in [0.29, 0.717) is 6.42 Å². The van der Waals surface area contributed by atoms with Crippen LogP contribution in [0.25, 0.3) is 0 Å². The summed E-state index contributed by atoms with van der Waals surface area (Å²) in [5.74, 6) is 0.753. The van der Waals surface area contributed by atoms with Crippen LogP contribution in [0.2, 0.25) is 5.02 Å². The summed E-state index contributed by atoms with van der Waals surface area (Å²) in [5, 5.41) is 11.4. The van der Waals surface area contributed by atoms with E-state index in [0.717, 1.165) is 42.2 Å². The normalized spacial score (nSPS) is 29.3. The lowest BCUT2D eigenvalue weighted by molar-refractivity contribution is -0.00666. The lowest BCUT2D eigenvalue weighted by Crippen LogP contribution is -2.35. The first-order chi connectivity index (χ1) is 7.98. The molecule has 1 aliphatic rings. The van der Waals surface area contributed by atoms with Crippen LogP contribution in [0.4, 0.5) is 0 Å². The van der Waals surface area contributed by atoms with Crippen molar-refractivity contribution in [3.05, 3.63) is 34.3 Å². The first kappa shape index (κ1) is 12.9. The van der Waals surface area contributed by atoms with Gasteiger partial charge in [-0.3, -0.25) is 0 Å². The molecule has 0 atom stereocenters. The van der Waals surface area contributed by atoms with E-state index in [9.17, 15) is 5.11 Å². The van der Waals surface area contributed by atoms with E-state index in [1.54, 1.807) is 0 Å². The van der Waals surface area contributed by atoms with E-state index < -0.39 is 5.60 Å². The van der Waals surface area contributed by atoms with Crippen molar-refractivity contribution in [1.29, 1.82) is 0 Å². The van der Waals surface area contributed by atoms with Crippen molar-refractivity contribution in [2.45, 2.75) is 51.6 Å². The molecule has 0 aliphatic heterocycles. The van der Waals surface area contributed by atoms with Gasteiger partial charge in [-0.15, -0.1) is 0 Å². The third-order valence-electron chi connectivity index (χ3n) is 3.93. The van der Waals surface area contributed by atoms with E-state index in [4.69, 9.17) is 11.6 Å². The molecule has 1 aromatic rings. The molecule has 0 aromatic heterocycles. The minimum absolute atomic E-state index is 0.536. The fraction of sp³-hybridized carbons (Fsp3) is 0.600. The first-order valence-electron chi connectivity index (χ1n) is 6.46. The van der Waals surface area contributed by atoms with Crippen molar-refractivity contribution < 1.29 is 5.11 Å². The Labute approximate surface area is 109 Å². The molecule has 1 fully saturated rings. The second-order valence-corrected chi connectivity index (χ2v) is 6.09. The molecule has 0 bridgehead atoms. The van der Waals surface area contributed by atoms with E-state index in [1.807, 2.05) is 19.1 Å². The number of benzene rings is 1. The van der Waals surface area contributed by atoms with E-state index in [-0.39, 0.29) is 0 Å². The van der Waals surface area contributed by atoms with Crippen molar-refractivity contribution in [3.8, 4) is 0 Å². The molecule has 1 N–H and O–H groups in total. The van der Waals surface area contributed by atoms with Crippen LogP contribution in [-0.4, -0.2) is 10.7 Å². The van der Waals surface area contributed by atoms with Crippen LogP contribution in [-0.2, 0) is 6.42 Å². The Morgan fingerprint density at radius 1 is 1.35 bits per heavy atom. The van der Waals surface area contributed by atoms with Crippen LogP contribution in [0, 0.1) is 12.8 Å².